The fourth-order valence-corrected chi connectivity index (χ4v) is 0.627. The molecule has 0 aromatic rings. The number of carboxylic acid groups (broad SMARTS) is 2. The van der Waals surface area contributed by atoms with Gasteiger partial charge < -0.3 is 25.5 Å². The van der Waals surface area contributed by atoms with Gasteiger partial charge in [0.15, 0.2) is 0 Å². The molecular formula is C14H30O10. The summed E-state index contributed by atoms with van der Waals surface area (Å²) in [6.45, 7) is 6.95. The van der Waals surface area contributed by atoms with Gasteiger partial charge in [-0.1, -0.05) is 6.92 Å². The van der Waals surface area contributed by atoms with Crippen molar-refractivity contribution >= 4 is 17.9 Å². The van der Waals surface area contributed by atoms with E-state index in [1.54, 1.807) is 6.92 Å². The molecule has 0 saturated carbocycles. The molecule has 10 heteroatoms. The lowest BCUT2D eigenvalue weighted by molar-refractivity contribution is -0.267. The minimum absolute atomic E-state index is 0.156. The molecule has 5 N–H and O–H groups in total. The Balaban J connectivity index is -0.000000119. The summed E-state index contributed by atoms with van der Waals surface area (Å²) < 4.78 is 0. The van der Waals surface area contributed by atoms with Crippen molar-refractivity contribution in [1.29, 1.82) is 0 Å². The van der Waals surface area contributed by atoms with Gasteiger partial charge in [-0.2, -0.15) is 4.89 Å². The van der Waals surface area contributed by atoms with E-state index < -0.39 is 23.3 Å². The molecule has 0 spiro atoms. The van der Waals surface area contributed by atoms with Gasteiger partial charge in [0.05, 0.1) is 26.4 Å². The Bertz CT molecular complexity index is 275. The summed E-state index contributed by atoms with van der Waals surface area (Å²) in [5.74, 6) is -2.08. The standard InChI is InChI=1S/C6H14O3.C4H8O3.2C2H4O2/c1-2-6(3-7,4-8)5-9;1-3-6-7-4(2)5;2*1-2(3)4/h7-9H,2-5H2,1H3;3H2,1-2H3;2*1H3,(H,3,4). The van der Waals surface area contributed by atoms with Crippen molar-refractivity contribution in [2.45, 2.75) is 41.0 Å². The SMILES string of the molecule is CC(=O)O.CC(=O)O.CCC(CO)(CO)CO.CCOOC(C)=O. The lowest BCUT2D eigenvalue weighted by Crippen LogP contribution is -2.32. The van der Waals surface area contributed by atoms with Crippen LogP contribution < -0.4 is 0 Å². The maximum atomic E-state index is 9.86. The maximum Gasteiger partial charge on any atom is 0.339 e. The van der Waals surface area contributed by atoms with Gasteiger partial charge in [-0.3, -0.25) is 14.5 Å². The molecule has 0 rings (SSSR count). The number of hydrogen-bond donors (Lipinski definition) is 5. The molecule has 0 aliphatic heterocycles. The minimum Gasteiger partial charge on any atom is -0.481 e. The Hall–Kier alpha value is -1.75. The minimum atomic E-state index is -0.833. The number of aliphatic hydroxyl groups is 3. The van der Waals surface area contributed by atoms with E-state index in [-0.39, 0.29) is 19.8 Å². The lowest BCUT2D eigenvalue weighted by atomic mass is 9.88. The summed E-state index contributed by atoms with van der Waals surface area (Å²) in [4.78, 5) is 36.2. The van der Waals surface area contributed by atoms with Gasteiger partial charge in [-0.05, 0) is 13.3 Å². The number of carbonyl (C=O) groups excluding carboxylic acids is 1. The Morgan fingerprint density at radius 2 is 1.12 bits per heavy atom. The first-order valence-corrected chi connectivity index (χ1v) is 7.00. The van der Waals surface area contributed by atoms with Crippen LogP contribution in [0.1, 0.15) is 41.0 Å². The van der Waals surface area contributed by atoms with E-state index in [0.29, 0.717) is 13.0 Å². The predicted octanol–water partition coefficient (Wildman–Crippen LogP) is 0.0425. The first kappa shape index (κ1) is 30.2. The van der Waals surface area contributed by atoms with Gasteiger partial charge in [-0.25, -0.2) is 4.79 Å². The fourth-order valence-electron chi connectivity index (χ4n) is 0.627. The van der Waals surface area contributed by atoms with Crippen molar-refractivity contribution in [3.05, 3.63) is 0 Å². The Morgan fingerprint density at radius 1 is 0.833 bits per heavy atom. The molecule has 0 heterocycles. The zero-order valence-corrected chi connectivity index (χ0v) is 14.8. The average Bonchev–Trinajstić information content (AvgIpc) is 2.47. The van der Waals surface area contributed by atoms with E-state index in [1.165, 1.54) is 6.92 Å². The van der Waals surface area contributed by atoms with Crippen LogP contribution in [0.4, 0.5) is 0 Å². The Morgan fingerprint density at radius 3 is 1.17 bits per heavy atom. The molecule has 0 atom stereocenters. The highest BCUT2D eigenvalue weighted by atomic mass is 17.2. The lowest BCUT2D eigenvalue weighted by Gasteiger charge is -2.24. The first-order valence-electron chi connectivity index (χ1n) is 7.00. The normalized spacial score (nSPS) is 9.00. The molecule has 146 valence electrons. The summed E-state index contributed by atoms with van der Waals surface area (Å²) in [7, 11) is 0. The summed E-state index contributed by atoms with van der Waals surface area (Å²) in [6.07, 6.45) is 0.594. The van der Waals surface area contributed by atoms with Gasteiger partial charge in [-0.15, -0.1) is 0 Å². The highest BCUT2D eigenvalue weighted by molar-refractivity contribution is 5.65. The first-order chi connectivity index (χ1) is 11.0. The van der Waals surface area contributed by atoms with Crippen molar-refractivity contribution < 1.29 is 49.7 Å². The van der Waals surface area contributed by atoms with Gasteiger partial charge in [0.25, 0.3) is 11.9 Å². The smallest absolute Gasteiger partial charge is 0.339 e. The second-order valence-corrected chi connectivity index (χ2v) is 4.35. The molecule has 0 saturated heterocycles. The molecule has 10 nitrogen and oxygen atoms in total. The second kappa shape index (κ2) is 21.2. The molecule has 0 unspecified atom stereocenters. The number of aliphatic hydroxyl groups excluding tert-OH is 3. The fraction of sp³-hybridized carbons (Fsp3) is 0.786. The van der Waals surface area contributed by atoms with Gasteiger partial charge in [0.1, 0.15) is 0 Å². The van der Waals surface area contributed by atoms with E-state index >= 15 is 0 Å². The van der Waals surface area contributed by atoms with E-state index in [2.05, 4.69) is 9.78 Å². The number of aliphatic carboxylic acids is 2. The van der Waals surface area contributed by atoms with Crippen LogP contribution in [-0.4, -0.2) is 69.9 Å². The molecule has 0 aromatic heterocycles. The zero-order valence-electron chi connectivity index (χ0n) is 14.8. The molecule has 0 amide bonds. The number of hydrogen-bond acceptors (Lipinski definition) is 8. The van der Waals surface area contributed by atoms with Crippen LogP contribution in [0.5, 0.6) is 0 Å². The number of carboxylic acids is 2. The van der Waals surface area contributed by atoms with Crippen LogP contribution in [0.15, 0.2) is 0 Å². The van der Waals surface area contributed by atoms with Crippen LogP contribution in [0, 0.1) is 5.41 Å². The largest absolute Gasteiger partial charge is 0.481 e. The molecule has 0 fully saturated rings. The third-order valence-corrected chi connectivity index (χ3v) is 2.05. The molecule has 0 radical (unpaired) electrons. The van der Waals surface area contributed by atoms with Crippen LogP contribution in [0.2, 0.25) is 0 Å². The topological polar surface area (TPSA) is 171 Å². The van der Waals surface area contributed by atoms with E-state index in [4.69, 9.17) is 35.1 Å². The number of rotatable bonds is 6. The van der Waals surface area contributed by atoms with Crippen LogP contribution in [0.3, 0.4) is 0 Å². The predicted molar refractivity (Wildman–Crippen MR) is 84.0 cm³/mol. The quantitative estimate of drug-likeness (QED) is 0.322. The van der Waals surface area contributed by atoms with Crippen molar-refractivity contribution in [3.8, 4) is 0 Å². The van der Waals surface area contributed by atoms with Crippen LogP contribution in [-0.2, 0) is 24.2 Å². The molecule has 24 heavy (non-hydrogen) atoms. The summed E-state index contributed by atoms with van der Waals surface area (Å²) in [5, 5.41) is 40.8. The molecule has 0 aliphatic carbocycles. The summed E-state index contributed by atoms with van der Waals surface area (Å²) in [5.41, 5.74) is -0.667. The molecule has 0 bridgehead atoms. The van der Waals surface area contributed by atoms with Gasteiger partial charge >= 0.3 is 5.97 Å². The highest BCUT2D eigenvalue weighted by Crippen LogP contribution is 2.18. The second-order valence-electron chi connectivity index (χ2n) is 4.35. The third-order valence-electron chi connectivity index (χ3n) is 2.05. The summed E-state index contributed by atoms with van der Waals surface area (Å²) in [6, 6.07) is 0. The Labute approximate surface area is 141 Å². The van der Waals surface area contributed by atoms with E-state index in [0.717, 1.165) is 13.8 Å². The monoisotopic (exact) mass is 358 g/mol. The van der Waals surface area contributed by atoms with Gasteiger partial charge in [0.2, 0.25) is 0 Å². The molecule has 0 aromatic carbocycles. The van der Waals surface area contributed by atoms with Crippen molar-refractivity contribution in [1.82, 2.24) is 0 Å². The molecular weight excluding hydrogens is 328 g/mol. The van der Waals surface area contributed by atoms with Gasteiger partial charge in [0, 0.05) is 26.2 Å². The number of carbonyl (C=O) groups is 3. The van der Waals surface area contributed by atoms with Crippen molar-refractivity contribution in [3.63, 3.8) is 0 Å². The Kier molecular flexibility index (Phi) is 26.7. The highest BCUT2D eigenvalue weighted by Gasteiger charge is 2.24. The van der Waals surface area contributed by atoms with E-state index in [9.17, 15) is 4.79 Å². The molecule has 0 aliphatic rings. The maximum absolute atomic E-state index is 9.86. The van der Waals surface area contributed by atoms with Crippen molar-refractivity contribution in [2.24, 2.45) is 5.41 Å². The van der Waals surface area contributed by atoms with E-state index in [1.807, 2.05) is 6.92 Å². The zero-order chi connectivity index (χ0) is 20.2. The van der Waals surface area contributed by atoms with Crippen LogP contribution in [0.25, 0.3) is 0 Å². The van der Waals surface area contributed by atoms with Crippen molar-refractivity contribution in [2.75, 3.05) is 26.4 Å². The summed E-state index contributed by atoms with van der Waals surface area (Å²) >= 11 is 0. The average molecular weight is 358 g/mol. The van der Waals surface area contributed by atoms with Crippen LogP contribution >= 0.6 is 0 Å². The third kappa shape index (κ3) is 37.0.